The first-order chi connectivity index (χ1) is 8.74. The van der Waals surface area contributed by atoms with Crippen LogP contribution in [0.3, 0.4) is 0 Å². The smallest absolute Gasteiger partial charge is 0.291 e. The van der Waals surface area contributed by atoms with Crippen molar-refractivity contribution in [1.82, 2.24) is 0 Å². The molecule has 0 aliphatic heterocycles. The monoisotopic (exact) mass is 297 g/mol. The highest BCUT2D eigenvalue weighted by Gasteiger charge is 2.36. The molecule has 2 rings (SSSR count). The van der Waals surface area contributed by atoms with E-state index < -0.39 is 51.2 Å². The van der Waals surface area contributed by atoms with Crippen LogP contribution in [0, 0.1) is 5.82 Å². The molecule has 0 spiro atoms. The molecule has 9 heteroatoms. The Hall–Kier alpha value is -1.64. The van der Waals surface area contributed by atoms with Crippen molar-refractivity contribution in [2.24, 2.45) is 0 Å². The third kappa shape index (κ3) is 2.29. The van der Waals surface area contributed by atoms with E-state index in [1.165, 1.54) is 4.72 Å². The van der Waals surface area contributed by atoms with Gasteiger partial charge in [0, 0.05) is 12.0 Å². The number of carbonyl (C=O) groups excluding carboxylic acids is 1. The average Bonchev–Trinajstić information content (AvgIpc) is 2.61. The van der Waals surface area contributed by atoms with E-state index in [0.717, 1.165) is 12.1 Å². The summed E-state index contributed by atoms with van der Waals surface area (Å²) in [4.78, 5) is 11.5. The molecule has 1 aliphatic carbocycles. The van der Waals surface area contributed by atoms with Gasteiger partial charge in [-0.25, -0.2) is 17.2 Å². The normalized spacial score (nSPS) is 18.8. The topological polar surface area (TPSA) is 63.2 Å². The number of hydrogen-bond donors (Lipinski definition) is 1. The van der Waals surface area contributed by atoms with Crippen LogP contribution in [0.15, 0.2) is 12.1 Å². The van der Waals surface area contributed by atoms with Crippen LogP contribution in [0.5, 0.6) is 0 Å². The fraction of sp³-hybridized carbons (Fsp3) is 0.300. The SMILES string of the molecule is O=C1c2c(NS(=O)(=O)C(F)F)ccc(F)c2CC1F. The van der Waals surface area contributed by atoms with Gasteiger partial charge in [-0.1, -0.05) is 0 Å². The third-order valence-electron chi connectivity index (χ3n) is 2.66. The first-order valence-corrected chi connectivity index (χ1v) is 6.58. The maximum Gasteiger partial charge on any atom is 0.355 e. The summed E-state index contributed by atoms with van der Waals surface area (Å²) in [6.07, 6.45) is -2.54. The Morgan fingerprint density at radius 2 is 1.95 bits per heavy atom. The van der Waals surface area contributed by atoms with Crippen LogP contribution in [0.25, 0.3) is 0 Å². The number of sulfonamides is 1. The first kappa shape index (κ1) is 13.8. The Labute approximate surface area is 105 Å². The van der Waals surface area contributed by atoms with Crippen molar-refractivity contribution in [3.05, 3.63) is 29.1 Å². The molecule has 0 radical (unpaired) electrons. The van der Waals surface area contributed by atoms with Gasteiger partial charge in [-0.3, -0.25) is 9.52 Å². The van der Waals surface area contributed by atoms with E-state index in [4.69, 9.17) is 0 Å². The van der Waals surface area contributed by atoms with Crippen molar-refractivity contribution in [1.29, 1.82) is 0 Å². The second-order valence-corrected chi connectivity index (χ2v) is 5.54. The Balaban J connectivity index is 2.51. The van der Waals surface area contributed by atoms with Crippen LogP contribution in [-0.4, -0.2) is 26.1 Å². The summed E-state index contributed by atoms with van der Waals surface area (Å²) in [5, 5.41) is 0. The second kappa shape index (κ2) is 4.48. The standard InChI is InChI=1S/C10H7F4NO3S/c11-5-1-2-7(15-19(17,18)10(13)14)8-4(5)3-6(12)9(8)16/h1-2,6,10,15H,3H2. The summed E-state index contributed by atoms with van der Waals surface area (Å²) in [7, 11) is -5.01. The Morgan fingerprint density at radius 3 is 2.53 bits per heavy atom. The molecular weight excluding hydrogens is 290 g/mol. The predicted octanol–water partition coefficient (Wildman–Crippen LogP) is 1.87. The van der Waals surface area contributed by atoms with Crippen molar-refractivity contribution >= 4 is 21.5 Å². The molecule has 0 amide bonds. The number of alkyl halides is 3. The summed E-state index contributed by atoms with van der Waals surface area (Å²) in [5.74, 6) is -5.73. The maximum atomic E-state index is 13.4. The molecule has 1 N–H and O–H groups in total. The summed E-state index contributed by atoms with van der Waals surface area (Å²) in [6.45, 7) is 0. The van der Waals surface area contributed by atoms with Crippen molar-refractivity contribution < 1.29 is 30.8 Å². The van der Waals surface area contributed by atoms with Gasteiger partial charge in [0.25, 0.3) is 10.0 Å². The van der Waals surface area contributed by atoms with E-state index in [2.05, 4.69) is 0 Å². The maximum absolute atomic E-state index is 13.4. The van der Waals surface area contributed by atoms with Gasteiger partial charge in [-0.15, -0.1) is 0 Å². The van der Waals surface area contributed by atoms with Gasteiger partial charge in [0.1, 0.15) is 5.82 Å². The van der Waals surface area contributed by atoms with Crippen LogP contribution in [0.4, 0.5) is 23.2 Å². The van der Waals surface area contributed by atoms with Crippen LogP contribution in [0.2, 0.25) is 0 Å². The number of Topliss-reactive ketones (excluding diaryl/α,β-unsaturated/α-hetero) is 1. The van der Waals surface area contributed by atoms with E-state index in [1.54, 1.807) is 0 Å². The first-order valence-electron chi connectivity index (χ1n) is 5.03. The molecule has 1 aromatic rings. The largest absolute Gasteiger partial charge is 0.355 e. The zero-order valence-corrected chi connectivity index (χ0v) is 9.98. The Morgan fingerprint density at radius 1 is 1.32 bits per heavy atom. The Bertz CT molecular complexity index is 644. The molecule has 19 heavy (non-hydrogen) atoms. The van der Waals surface area contributed by atoms with E-state index in [1.807, 2.05) is 0 Å². The van der Waals surface area contributed by atoms with Gasteiger partial charge in [0.05, 0.1) is 11.3 Å². The highest BCUT2D eigenvalue weighted by Crippen LogP contribution is 2.33. The zero-order chi connectivity index (χ0) is 14.4. The van der Waals surface area contributed by atoms with Gasteiger partial charge < -0.3 is 0 Å². The van der Waals surface area contributed by atoms with Crippen molar-refractivity contribution in [2.75, 3.05) is 4.72 Å². The molecular formula is C10H7F4NO3S. The minimum atomic E-state index is -5.01. The number of fused-ring (bicyclic) bond motifs is 1. The molecule has 0 saturated carbocycles. The van der Waals surface area contributed by atoms with Crippen LogP contribution < -0.4 is 4.72 Å². The van der Waals surface area contributed by atoms with E-state index in [9.17, 15) is 30.8 Å². The number of carbonyl (C=O) groups is 1. The summed E-state index contributed by atoms with van der Waals surface area (Å²) >= 11 is 0. The van der Waals surface area contributed by atoms with Crippen molar-refractivity contribution in [2.45, 2.75) is 18.3 Å². The number of rotatable bonds is 3. The molecule has 1 unspecified atom stereocenters. The molecule has 0 bridgehead atoms. The lowest BCUT2D eigenvalue weighted by atomic mass is 10.1. The van der Waals surface area contributed by atoms with Crippen LogP contribution in [0.1, 0.15) is 15.9 Å². The molecule has 0 heterocycles. The van der Waals surface area contributed by atoms with Crippen LogP contribution >= 0.6 is 0 Å². The number of halogens is 4. The fourth-order valence-electron chi connectivity index (χ4n) is 1.81. The van der Waals surface area contributed by atoms with E-state index >= 15 is 0 Å². The van der Waals surface area contributed by atoms with Crippen molar-refractivity contribution in [3.63, 3.8) is 0 Å². The number of hydrogen-bond acceptors (Lipinski definition) is 3. The quantitative estimate of drug-likeness (QED) is 0.866. The Kier molecular flexibility index (Phi) is 3.25. The second-order valence-electron chi connectivity index (χ2n) is 3.89. The highest BCUT2D eigenvalue weighted by molar-refractivity contribution is 7.93. The molecule has 1 aromatic carbocycles. The lowest BCUT2D eigenvalue weighted by Crippen LogP contribution is -2.22. The van der Waals surface area contributed by atoms with Gasteiger partial charge in [-0.05, 0) is 12.1 Å². The minimum Gasteiger partial charge on any atom is -0.291 e. The molecule has 104 valence electrons. The van der Waals surface area contributed by atoms with E-state index in [-0.39, 0.29) is 5.56 Å². The molecule has 0 aromatic heterocycles. The number of benzene rings is 1. The molecule has 1 atom stereocenters. The number of nitrogens with one attached hydrogen (secondary N) is 1. The minimum absolute atomic E-state index is 0.313. The predicted molar refractivity (Wildman–Crippen MR) is 57.9 cm³/mol. The summed E-state index contributed by atoms with van der Waals surface area (Å²) in [6, 6.07) is 1.59. The molecule has 4 nitrogen and oxygen atoms in total. The van der Waals surface area contributed by atoms with Gasteiger partial charge in [0.15, 0.2) is 12.0 Å². The average molecular weight is 297 g/mol. The van der Waals surface area contributed by atoms with Crippen LogP contribution in [-0.2, 0) is 16.4 Å². The number of anilines is 1. The lowest BCUT2D eigenvalue weighted by molar-refractivity contribution is 0.0899. The highest BCUT2D eigenvalue weighted by atomic mass is 32.2. The summed E-state index contributed by atoms with van der Waals surface area (Å²) in [5.41, 5.74) is -1.38. The van der Waals surface area contributed by atoms with Gasteiger partial charge in [0.2, 0.25) is 0 Å². The van der Waals surface area contributed by atoms with Gasteiger partial charge >= 0.3 is 5.76 Å². The van der Waals surface area contributed by atoms with Crippen molar-refractivity contribution in [3.8, 4) is 0 Å². The molecule has 1 aliphatic rings. The zero-order valence-electron chi connectivity index (χ0n) is 9.16. The third-order valence-corrected chi connectivity index (χ3v) is 3.63. The molecule has 0 fully saturated rings. The number of ketones is 1. The fourth-order valence-corrected chi connectivity index (χ4v) is 2.38. The van der Waals surface area contributed by atoms with E-state index in [0.29, 0.717) is 0 Å². The van der Waals surface area contributed by atoms with Gasteiger partial charge in [-0.2, -0.15) is 8.78 Å². The lowest BCUT2D eigenvalue weighted by Gasteiger charge is -2.10. The molecule has 0 saturated heterocycles. The summed E-state index contributed by atoms with van der Waals surface area (Å²) < 4.78 is 74.5.